The molecule has 0 spiro atoms. The second-order valence-electron chi connectivity index (χ2n) is 4.92. The SMILES string of the molecule is Cc1ccc(F)c(-c2nc(C3(N)CCC3)no2)c1.Cl. The van der Waals surface area contributed by atoms with Gasteiger partial charge in [-0.3, -0.25) is 0 Å². The molecule has 1 saturated carbocycles. The first kappa shape index (κ1) is 14.0. The molecule has 1 aromatic heterocycles. The number of aryl methyl sites for hydroxylation is 1. The Labute approximate surface area is 116 Å². The molecule has 0 aliphatic heterocycles. The van der Waals surface area contributed by atoms with Gasteiger partial charge in [0.1, 0.15) is 5.82 Å². The molecule has 1 fully saturated rings. The Balaban J connectivity index is 0.00000133. The third-order valence-electron chi connectivity index (χ3n) is 3.47. The molecule has 0 amide bonds. The van der Waals surface area contributed by atoms with E-state index in [0.29, 0.717) is 11.4 Å². The molecule has 0 saturated heterocycles. The average Bonchev–Trinajstić information content (AvgIpc) is 2.79. The molecular formula is C13H15ClFN3O. The number of rotatable bonds is 2. The van der Waals surface area contributed by atoms with Crippen LogP contribution in [-0.4, -0.2) is 10.1 Å². The summed E-state index contributed by atoms with van der Waals surface area (Å²) in [7, 11) is 0. The molecule has 2 aromatic rings. The van der Waals surface area contributed by atoms with Crippen LogP contribution >= 0.6 is 12.4 Å². The molecule has 0 unspecified atom stereocenters. The van der Waals surface area contributed by atoms with Crippen molar-refractivity contribution in [1.82, 2.24) is 10.1 Å². The van der Waals surface area contributed by atoms with Crippen molar-refractivity contribution in [2.24, 2.45) is 5.73 Å². The Morgan fingerprint density at radius 2 is 2.11 bits per heavy atom. The van der Waals surface area contributed by atoms with Crippen molar-refractivity contribution in [2.45, 2.75) is 31.7 Å². The summed E-state index contributed by atoms with van der Waals surface area (Å²) in [5.74, 6) is 0.308. The molecule has 2 N–H and O–H groups in total. The van der Waals surface area contributed by atoms with Crippen LogP contribution in [-0.2, 0) is 5.54 Å². The highest BCUT2D eigenvalue weighted by Crippen LogP contribution is 2.37. The Morgan fingerprint density at radius 3 is 2.74 bits per heavy atom. The highest BCUT2D eigenvalue weighted by Gasteiger charge is 2.39. The minimum absolute atomic E-state index is 0. The molecule has 1 aliphatic rings. The zero-order valence-electron chi connectivity index (χ0n) is 10.5. The first-order chi connectivity index (χ1) is 8.58. The van der Waals surface area contributed by atoms with Crippen molar-refractivity contribution in [3.05, 3.63) is 35.4 Å². The smallest absolute Gasteiger partial charge is 0.260 e. The van der Waals surface area contributed by atoms with Crippen LogP contribution in [0.3, 0.4) is 0 Å². The maximum atomic E-state index is 13.7. The minimum atomic E-state index is -0.484. The van der Waals surface area contributed by atoms with E-state index in [1.54, 1.807) is 12.1 Å². The minimum Gasteiger partial charge on any atom is -0.334 e. The largest absolute Gasteiger partial charge is 0.334 e. The predicted octanol–water partition coefficient (Wildman–Crippen LogP) is 2.94. The van der Waals surface area contributed by atoms with Gasteiger partial charge >= 0.3 is 0 Å². The van der Waals surface area contributed by atoms with Crippen LogP contribution in [0.25, 0.3) is 11.5 Å². The van der Waals surface area contributed by atoms with Crippen LogP contribution in [0.4, 0.5) is 4.39 Å². The standard InChI is InChI=1S/C13H14FN3O.ClH/c1-8-3-4-10(14)9(7-8)11-16-12(17-18-11)13(15)5-2-6-13;/h3-4,7H,2,5-6,15H2,1H3;1H. The highest BCUT2D eigenvalue weighted by atomic mass is 35.5. The first-order valence-corrected chi connectivity index (χ1v) is 5.98. The maximum absolute atomic E-state index is 13.7. The quantitative estimate of drug-likeness (QED) is 0.920. The van der Waals surface area contributed by atoms with Crippen LogP contribution in [0.5, 0.6) is 0 Å². The van der Waals surface area contributed by atoms with E-state index in [9.17, 15) is 4.39 Å². The number of benzene rings is 1. The van der Waals surface area contributed by atoms with Crippen LogP contribution in [0.15, 0.2) is 22.7 Å². The van der Waals surface area contributed by atoms with Gasteiger partial charge in [-0.05, 0) is 38.3 Å². The molecule has 4 nitrogen and oxygen atoms in total. The lowest BCUT2D eigenvalue weighted by Crippen LogP contribution is -2.44. The average molecular weight is 284 g/mol. The third-order valence-corrected chi connectivity index (χ3v) is 3.47. The number of hydrogen-bond acceptors (Lipinski definition) is 4. The van der Waals surface area contributed by atoms with Crippen molar-refractivity contribution in [2.75, 3.05) is 0 Å². The monoisotopic (exact) mass is 283 g/mol. The van der Waals surface area contributed by atoms with Crippen molar-refractivity contribution in [3.8, 4) is 11.5 Å². The summed E-state index contributed by atoms with van der Waals surface area (Å²) in [5, 5.41) is 3.88. The summed E-state index contributed by atoms with van der Waals surface area (Å²) < 4.78 is 18.8. The number of nitrogens with two attached hydrogens (primary N) is 1. The van der Waals surface area contributed by atoms with Gasteiger partial charge in [-0.1, -0.05) is 16.8 Å². The lowest BCUT2D eigenvalue weighted by molar-refractivity contribution is 0.229. The summed E-state index contributed by atoms with van der Waals surface area (Å²) >= 11 is 0. The zero-order chi connectivity index (χ0) is 12.8. The van der Waals surface area contributed by atoms with E-state index < -0.39 is 5.54 Å². The van der Waals surface area contributed by atoms with Crippen LogP contribution in [0, 0.1) is 12.7 Å². The molecule has 19 heavy (non-hydrogen) atoms. The van der Waals surface area contributed by atoms with Gasteiger partial charge in [-0.25, -0.2) is 4.39 Å². The molecule has 0 radical (unpaired) electrons. The Morgan fingerprint density at radius 1 is 1.37 bits per heavy atom. The fraction of sp³-hybridized carbons (Fsp3) is 0.385. The molecular weight excluding hydrogens is 269 g/mol. The van der Waals surface area contributed by atoms with Crippen LogP contribution in [0.1, 0.15) is 30.7 Å². The third kappa shape index (κ3) is 2.35. The van der Waals surface area contributed by atoms with E-state index in [1.165, 1.54) is 6.07 Å². The van der Waals surface area contributed by atoms with Gasteiger partial charge in [-0.15, -0.1) is 12.4 Å². The fourth-order valence-corrected chi connectivity index (χ4v) is 2.12. The summed E-state index contributed by atoms with van der Waals surface area (Å²) in [6.07, 6.45) is 2.77. The predicted molar refractivity (Wildman–Crippen MR) is 71.4 cm³/mol. The van der Waals surface area contributed by atoms with E-state index in [-0.39, 0.29) is 24.1 Å². The fourth-order valence-electron chi connectivity index (χ4n) is 2.12. The Kier molecular flexibility index (Phi) is 3.60. The highest BCUT2D eigenvalue weighted by molar-refractivity contribution is 5.85. The van der Waals surface area contributed by atoms with Gasteiger partial charge in [0.15, 0.2) is 5.82 Å². The van der Waals surface area contributed by atoms with Crippen molar-refractivity contribution >= 4 is 12.4 Å². The van der Waals surface area contributed by atoms with E-state index in [1.807, 2.05) is 6.92 Å². The number of nitrogens with zero attached hydrogens (tertiary/aromatic N) is 2. The summed E-state index contributed by atoms with van der Waals surface area (Å²) in [4.78, 5) is 4.23. The van der Waals surface area contributed by atoms with Crippen molar-refractivity contribution in [1.29, 1.82) is 0 Å². The first-order valence-electron chi connectivity index (χ1n) is 5.98. The van der Waals surface area contributed by atoms with Crippen LogP contribution < -0.4 is 5.73 Å². The van der Waals surface area contributed by atoms with Gasteiger partial charge in [0.25, 0.3) is 5.89 Å². The topological polar surface area (TPSA) is 64.9 Å². The molecule has 3 rings (SSSR count). The zero-order valence-corrected chi connectivity index (χ0v) is 11.3. The van der Waals surface area contributed by atoms with E-state index >= 15 is 0 Å². The summed E-state index contributed by atoms with van der Waals surface area (Å²) in [5.41, 5.74) is 6.89. The van der Waals surface area contributed by atoms with Gasteiger partial charge in [-0.2, -0.15) is 4.98 Å². The molecule has 1 aromatic carbocycles. The molecule has 0 atom stereocenters. The Hall–Kier alpha value is -1.46. The number of hydrogen-bond donors (Lipinski definition) is 1. The molecule has 1 aliphatic carbocycles. The lowest BCUT2D eigenvalue weighted by Gasteiger charge is -2.34. The van der Waals surface area contributed by atoms with E-state index in [0.717, 1.165) is 24.8 Å². The van der Waals surface area contributed by atoms with Crippen molar-refractivity contribution in [3.63, 3.8) is 0 Å². The van der Waals surface area contributed by atoms with Gasteiger partial charge in [0.2, 0.25) is 0 Å². The van der Waals surface area contributed by atoms with Crippen LogP contribution in [0.2, 0.25) is 0 Å². The molecule has 6 heteroatoms. The Bertz CT molecular complexity index is 595. The summed E-state index contributed by atoms with van der Waals surface area (Å²) in [6, 6.07) is 4.79. The second kappa shape index (κ2) is 4.90. The molecule has 0 bridgehead atoms. The lowest BCUT2D eigenvalue weighted by atomic mass is 9.77. The molecule has 1 heterocycles. The number of aromatic nitrogens is 2. The number of halogens is 2. The van der Waals surface area contributed by atoms with Crippen molar-refractivity contribution < 1.29 is 8.91 Å². The van der Waals surface area contributed by atoms with E-state index in [2.05, 4.69) is 10.1 Å². The maximum Gasteiger partial charge on any atom is 0.260 e. The second-order valence-corrected chi connectivity index (χ2v) is 4.92. The molecule has 102 valence electrons. The normalized spacial score (nSPS) is 16.6. The van der Waals surface area contributed by atoms with Gasteiger partial charge in [0, 0.05) is 0 Å². The van der Waals surface area contributed by atoms with Gasteiger partial charge < -0.3 is 10.3 Å². The van der Waals surface area contributed by atoms with E-state index in [4.69, 9.17) is 10.3 Å². The summed E-state index contributed by atoms with van der Waals surface area (Å²) in [6.45, 7) is 1.89. The van der Waals surface area contributed by atoms with Gasteiger partial charge in [0.05, 0.1) is 11.1 Å².